The van der Waals surface area contributed by atoms with E-state index in [4.69, 9.17) is 9.47 Å². The van der Waals surface area contributed by atoms with Gasteiger partial charge >= 0.3 is 0 Å². The molecule has 0 fully saturated rings. The highest BCUT2D eigenvalue weighted by molar-refractivity contribution is 6.01. The molecule has 0 aliphatic carbocycles. The Morgan fingerprint density at radius 1 is 0.886 bits per heavy atom. The number of benzene rings is 2. The van der Waals surface area contributed by atoms with Crippen LogP contribution in [0.3, 0.4) is 0 Å². The number of ether oxygens (including phenoxy) is 2. The molecule has 176 valence electrons. The van der Waals surface area contributed by atoms with Crippen molar-refractivity contribution in [3.8, 4) is 28.5 Å². The molecule has 2 amide bonds. The van der Waals surface area contributed by atoms with Crippen LogP contribution in [0.4, 0.5) is 10.1 Å². The third kappa shape index (κ3) is 5.56. The Bertz CT molecular complexity index is 1380. The molecule has 0 spiro atoms. The number of amides is 2. The lowest BCUT2D eigenvalue weighted by Crippen LogP contribution is -2.18. The monoisotopic (exact) mass is 473 g/mol. The predicted octanol–water partition coefficient (Wildman–Crippen LogP) is 4.09. The van der Waals surface area contributed by atoms with E-state index in [0.29, 0.717) is 11.4 Å². The van der Waals surface area contributed by atoms with Gasteiger partial charge in [0.15, 0.2) is 11.6 Å². The van der Waals surface area contributed by atoms with Crippen molar-refractivity contribution in [1.29, 1.82) is 0 Å². The average Bonchev–Trinajstić information content (AvgIpc) is 2.90. The number of anilines is 1. The molecule has 10 heteroatoms. The Labute approximate surface area is 200 Å². The van der Waals surface area contributed by atoms with Gasteiger partial charge in [-0.1, -0.05) is 0 Å². The number of methoxy groups -OCH3 is 1. The minimum atomic E-state index is -0.714. The van der Waals surface area contributed by atoms with Crippen molar-refractivity contribution in [2.24, 2.45) is 0 Å². The summed E-state index contributed by atoms with van der Waals surface area (Å²) in [4.78, 5) is 36.6. The van der Waals surface area contributed by atoms with Gasteiger partial charge in [0.05, 0.1) is 12.8 Å². The zero-order chi connectivity index (χ0) is 24.8. The Balaban J connectivity index is 1.47. The Morgan fingerprint density at radius 2 is 1.66 bits per heavy atom. The second-order valence-electron chi connectivity index (χ2n) is 7.15. The zero-order valence-corrected chi connectivity index (χ0v) is 18.8. The minimum absolute atomic E-state index is 0.0717. The van der Waals surface area contributed by atoms with E-state index < -0.39 is 17.6 Å². The number of carbonyl (C=O) groups excluding carboxylic acids is 2. The number of rotatable bonds is 7. The second kappa shape index (κ2) is 10.4. The quantitative estimate of drug-likeness (QED) is 0.415. The van der Waals surface area contributed by atoms with Gasteiger partial charge in [-0.3, -0.25) is 14.6 Å². The Kier molecular flexibility index (Phi) is 6.91. The third-order valence-corrected chi connectivity index (χ3v) is 4.85. The molecular weight excluding hydrogens is 453 g/mol. The van der Waals surface area contributed by atoms with Crippen molar-refractivity contribution in [3.05, 3.63) is 90.4 Å². The highest BCUT2D eigenvalue weighted by atomic mass is 19.1. The van der Waals surface area contributed by atoms with Crippen LogP contribution in [-0.2, 0) is 0 Å². The highest BCUT2D eigenvalue weighted by Gasteiger charge is 2.14. The van der Waals surface area contributed by atoms with Crippen LogP contribution < -0.4 is 20.1 Å². The van der Waals surface area contributed by atoms with E-state index in [1.165, 1.54) is 43.7 Å². The first kappa shape index (κ1) is 23.3. The molecule has 0 aliphatic heterocycles. The van der Waals surface area contributed by atoms with Crippen LogP contribution in [0.2, 0.25) is 0 Å². The van der Waals surface area contributed by atoms with E-state index in [1.807, 2.05) is 12.1 Å². The molecule has 0 unspecified atom stereocenters. The smallest absolute Gasteiger partial charge is 0.293 e. The topological polar surface area (TPSA) is 115 Å². The second-order valence-corrected chi connectivity index (χ2v) is 7.15. The SMILES string of the molecule is CNC(=O)c1cc(Oc2ccc(NC(=O)c3nccc(-c4ccc(OC)cc4)n3)cc2F)ccn1. The van der Waals surface area contributed by atoms with E-state index in [-0.39, 0.29) is 28.7 Å². The number of nitrogens with zero attached hydrogens (tertiary/aromatic N) is 3. The summed E-state index contributed by atoms with van der Waals surface area (Å²) in [7, 11) is 3.05. The first-order chi connectivity index (χ1) is 17.0. The highest BCUT2D eigenvalue weighted by Crippen LogP contribution is 2.27. The summed E-state index contributed by atoms with van der Waals surface area (Å²) in [5.41, 5.74) is 1.66. The maximum atomic E-state index is 14.6. The summed E-state index contributed by atoms with van der Waals surface area (Å²) in [5, 5.41) is 5.03. The molecule has 0 saturated heterocycles. The lowest BCUT2D eigenvalue weighted by molar-refractivity contribution is 0.0956. The fraction of sp³-hybridized carbons (Fsp3) is 0.0800. The van der Waals surface area contributed by atoms with Crippen molar-refractivity contribution < 1.29 is 23.5 Å². The van der Waals surface area contributed by atoms with E-state index >= 15 is 0 Å². The number of halogens is 1. The molecule has 0 atom stereocenters. The van der Waals surface area contributed by atoms with Gasteiger partial charge in [0.1, 0.15) is 17.2 Å². The van der Waals surface area contributed by atoms with E-state index in [1.54, 1.807) is 25.3 Å². The normalized spacial score (nSPS) is 10.4. The Morgan fingerprint density at radius 3 is 2.37 bits per heavy atom. The van der Waals surface area contributed by atoms with Crippen molar-refractivity contribution in [1.82, 2.24) is 20.3 Å². The lowest BCUT2D eigenvalue weighted by atomic mass is 10.1. The maximum absolute atomic E-state index is 14.6. The molecule has 4 aromatic rings. The van der Waals surface area contributed by atoms with E-state index in [9.17, 15) is 14.0 Å². The number of nitrogens with one attached hydrogen (secondary N) is 2. The van der Waals surface area contributed by atoms with Crippen molar-refractivity contribution in [3.63, 3.8) is 0 Å². The average molecular weight is 473 g/mol. The summed E-state index contributed by atoms with van der Waals surface area (Å²) in [6.07, 6.45) is 2.85. The first-order valence-corrected chi connectivity index (χ1v) is 10.4. The molecule has 0 saturated carbocycles. The molecule has 9 nitrogen and oxygen atoms in total. The van der Waals surface area contributed by atoms with Gasteiger partial charge in [0, 0.05) is 42.8 Å². The summed E-state index contributed by atoms with van der Waals surface area (Å²) < 4.78 is 25.3. The van der Waals surface area contributed by atoms with Crippen LogP contribution in [0.1, 0.15) is 21.1 Å². The number of hydrogen-bond acceptors (Lipinski definition) is 7. The van der Waals surface area contributed by atoms with Crippen molar-refractivity contribution in [2.45, 2.75) is 0 Å². The van der Waals surface area contributed by atoms with Crippen LogP contribution in [0.25, 0.3) is 11.3 Å². The van der Waals surface area contributed by atoms with Crippen molar-refractivity contribution >= 4 is 17.5 Å². The first-order valence-electron chi connectivity index (χ1n) is 10.4. The standard InChI is InChI=1S/C25H20FN5O4/c1-27-24(32)21-14-18(9-11-28-21)35-22-8-5-16(13-19(22)26)30-25(33)23-29-12-10-20(31-23)15-3-6-17(34-2)7-4-15/h3-14H,1-2H3,(H,27,32)(H,30,33). The molecule has 0 radical (unpaired) electrons. The molecule has 2 aromatic carbocycles. The summed E-state index contributed by atoms with van der Waals surface area (Å²) in [6, 6.07) is 15.7. The number of carbonyl (C=O) groups is 2. The molecule has 35 heavy (non-hydrogen) atoms. The molecule has 2 aromatic heterocycles. The largest absolute Gasteiger partial charge is 0.497 e. The van der Waals surface area contributed by atoms with E-state index in [2.05, 4.69) is 25.6 Å². The molecule has 0 aliphatic rings. The molecule has 4 rings (SSSR count). The van der Waals surface area contributed by atoms with E-state index in [0.717, 1.165) is 11.6 Å². The summed E-state index contributed by atoms with van der Waals surface area (Å²) in [5.74, 6) is -0.935. The van der Waals surface area contributed by atoms with Crippen LogP contribution in [0.15, 0.2) is 73.1 Å². The molecule has 2 heterocycles. The number of aromatic nitrogens is 3. The summed E-state index contributed by atoms with van der Waals surface area (Å²) >= 11 is 0. The number of pyridine rings is 1. The molecular formula is C25H20FN5O4. The predicted molar refractivity (Wildman–Crippen MR) is 126 cm³/mol. The van der Waals surface area contributed by atoms with Gasteiger partial charge in [-0.25, -0.2) is 14.4 Å². The Hall–Kier alpha value is -4.86. The molecule has 2 N–H and O–H groups in total. The summed E-state index contributed by atoms with van der Waals surface area (Å²) in [6.45, 7) is 0. The van der Waals surface area contributed by atoms with Crippen LogP contribution in [0, 0.1) is 5.82 Å². The molecule has 0 bridgehead atoms. The zero-order valence-electron chi connectivity index (χ0n) is 18.8. The lowest BCUT2D eigenvalue weighted by Gasteiger charge is -2.10. The van der Waals surface area contributed by atoms with Gasteiger partial charge in [0.25, 0.3) is 11.8 Å². The van der Waals surface area contributed by atoms with Gasteiger partial charge < -0.3 is 20.1 Å². The number of hydrogen-bond donors (Lipinski definition) is 2. The van der Waals surface area contributed by atoms with Gasteiger partial charge in [0.2, 0.25) is 5.82 Å². The van der Waals surface area contributed by atoms with Crippen LogP contribution >= 0.6 is 0 Å². The fourth-order valence-corrected chi connectivity index (χ4v) is 3.09. The van der Waals surface area contributed by atoms with Crippen molar-refractivity contribution in [2.75, 3.05) is 19.5 Å². The van der Waals surface area contributed by atoms with Crippen LogP contribution in [-0.4, -0.2) is 40.9 Å². The van der Waals surface area contributed by atoms with Crippen LogP contribution in [0.5, 0.6) is 17.2 Å². The third-order valence-electron chi connectivity index (χ3n) is 4.85. The van der Waals surface area contributed by atoms with Gasteiger partial charge in [-0.05, 0) is 48.5 Å². The fourth-order valence-electron chi connectivity index (χ4n) is 3.09. The van der Waals surface area contributed by atoms with Gasteiger partial charge in [-0.2, -0.15) is 0 Å². The van der Waals surface area contributed by atoms with Gasteiger partial charge in [-0.15, -0.1) is 0 Å². The minimum Gasteiger partial charge on any atom is -0.497 e. The maximum Gasteiger partial charge on any atom is 0.293 e.